The van der Waals surface area contributed by atoms with Crippen LogP contribution in [0.5, 0.6) is 0 Å². The van der Waals surface area contributed by atoms with Crippen molar-refractivity contribution >= 4 is 11.3 Å². The summed E-state index contributed by atoms with van der Waals surface area (Å²) in [7, 11) is 2.05. The molecule has 2 rings (SSSR count). The van der Waals surface area contributed by atoms with E-state index in [2.05, 4.69) is 54.7 Å². The third kappa shape index (κ3) is 4.48. The van der Waals surface area contributed by atoms with Crippen LogP contribution in [0.1, 0.15) is 22.2 Å². The molecule has 1 nitrogen and oxygen atoms in total. The molecule has 0 spiro atoms. The van der Waals surface area contributed by atoms with Crippen molar-refractivity contribution in [2.75, 3.05) is 13.6 Å². The van der Waals surface area contributed by atoms with Gasteiger partial charge in [0, 0.05) is 9.75 Å². The number of hydrogen-bond donors (Lipinski definition) is 1. The molecule has 0 aliphatic rings. The van der Waals surface area contributed by atoms with Gasteiger partial charge < -0.3 is 5.32 Å². The molecule has 19 heavy (non-hydrogen) atoms. The molecule has 0 fully saturated rings. The zero-order chi connectivity index (χ0) is 13.5. The van der Waals surface area contributed by atoms with E-state index in [-0.39, 0.29) is 0 Å². The highest BCUT2D eigenvalue weighted by Crippen LogP contribution is 2.22. The third-order valence-electron chi connectivity index (χ3n) is 3.42. The minimum absolute atomic E-state index is 0.677. The van der Waals surface area contributed by atoms with Gasteiger partial charge >= 0.3 is 0 Å². The van der Waals surface area contributed by atoms with Crippen molar-refractivity contribution in [3.63, 3.8) is 0 Å². The van der Waals surface area contributed by atoms with Gasteiger partial charge in [0.2, 0.25) is 0 Å². The van der Waals surface area contributed by atoms with E-state index in [0.717, 1.165) is 19.4 Å². The summed E-state index contributed by atoms with van der Waals surface area (Å²) < 4.78 is 0. The zero-order valence-corrected chi connectivity index (χ0v) is 12.7. The Morgan fingerprint density at radius 3 is 2.37 bits per heavy atom. The summed E-state index contributed by atoms with van der Waals surface area (Å²) in [6.45, 7) is 3.30. The quantitative estimate of drug-likeness (QED) is 0.806. The molecule has 0 amide bonds. The number of rotatable bonds is 7. The first-order chi connectivity index (χ1) is 9.31. The molecule has 2 heteroatoms. The lowest BCUT2D eigenvalue weighted by molar-refractivity contribution is 0.496. The third-order valence-corrected chi connectivity index (χ3v) is 4.67. The summed E-state index contributed by atoms with van der Waals surface area (Å²) in [4.78, 5) is 3.02. The van der Waals surface area contributed by atoms with Gasteiger partial charge in [-0.05, 0) is 56.5 Å². The summed E-state index contributed by atoms with van der Waals surface area (Å²) in [5, 5.41) is 3.33. The Morgan fingerprint density at radius 1 is 1.00 bits per heavy atom. The number of hydrogen-bond acceptors (Lipinski definition) is 2. The molecule has 0 saturated heterocycles. The monoisotopic (exact) mass is 273 g/mol. The van der Waals surface area contributed by atoms with Crippen LogP contribution in [0.4, 0.5) is 0 Å². The summed E-state index contributed by atoms with van der Waals surface area (Å²) in [6, 6.07) is 15.4. The van der Waals surface area contributed by atoms with Crippen molar-refractivity contribution in [1.29, 1.82) is 0 Å². The molecule has 102 valence electrons. The highest BCUT2D eigenvalue weighted by molar-refractivity contribution is 7.11. The summed E-state index contributed by atoms with van der Waals surface area (Å²) in [5.41, 5.74) is 1.44. The fourth-order valence-corrected chi connectivity index (χ4v) is 3.53. The first-order valence-corrected chi connectivity index (χ1v) is 7.89. The van der Waals surface area contributed by atoms with Crippen LogP contribution < -0.4 is 5.32 Å². The van der Waals surface area contributed by atoms with Crippen molar-refractivity contribution in [3.05, 3.63) is 57.8 Å². The molecule has 1 atom stereocenters. The Labute approximate surface area is 120 Å². The van der Waals surface area contributed by atoms with Gasteiger partial charge in [-0.15, -0.1) is 11.3 Å². The Hall–Kier alpha value is -1.12. The van der Waals surface area contributed by atoms with E-state index in [1.54, 1.807) is 0 Å². The number of thiophene rings is 1. The molecule has 0 radical (unpaired) electrons. The lowest BCUT2D eigenvalue weighted by atomic mass is 9.95. The zero-order valence-electron chi connectivity index (χ0n) is 11.9. The van der Waals surface area contributed by atoms with Crippen LogP contribution in [0.2, 0.25) is 0 Å². The second kappa shape index (κ2) is 7.46. The number of nitrogens with one attached hydrogen (secondary N) is 1. The molecule has 1 aromatic heterocycles. The molecule has 1 N–H and O–H groups in total. The van der Waals surface area contributed by atoms with Crippen molar-refractivity contribution in [1.82, 2.24) is 5.32 Å². The van der Waals surface area contributed by atoms with Crippen LogP contribution in [-0.4, -0.2) is 13.6 Å². The van der Waals surface area contributed by atoms with E-state index in [4.69, 9.17) is 0 Å². The lowest BCUT2D eigenvalue weighted by Crippen LogP contribution is -2.22. The van der Waals surface area contributed by atoms with Gasteiger partial charge in [0.05, 0.1) is 0 Å². The van der Waals surface area contributed by atoms with E-state index >= 15 is 0 Å². The van der Waals surface area contributed by atoms with E-state index in [0.29, 0.717) is 5.92 Å². The van der Waals surface area contributed by atoms with E-state index in [1.165, 1.54) is 21.7 Å². The maximum atomic E-state index is 3.33. The lowest BCUT2D eigenvalue weighted by Gasteiger charge is -2.15. The fourth-order valence-electron chi connectivity index (χ4n) is 2.46. The molecule has 2 aromatic rings. The van der Waals surface area contributed by atoms with Crippen LogP contribution in [0.25, 0.3) is 0 Å². The van der Waals surface area contributed by atoms with Crippen LogP contribution in [0.3, 0.4) is 0 Å². The molecule has 1 heterocycles. The maximum absolute atomic E-state index is 3.33. The van der Waals surface area contributed by atoms with Crippen LogP contribution >= 0.6 is 11.3 Å². The normalized spacial score (nSPS) is 12.5. The van der Waals surface area contributed by atoms with Crippen molar-refractivity contribution in [2.45, 2.75) is 26.2 Å². The smallest absolute Gasteiger partial charge is 0.00515 e. The van der Waals surface area contributed by atoms with E-state index in [1.807, 2.05) is 18.4 Å². The first-order valence-electron chi connectivity index (χ1n) is 7.08. The molecule has 0 aliphatic carbocycles. The van der Waals surface area contributed by atoms with Crippen molar-refractivity contribution < 1.29 is 0 Å². The van der Waals surface area contributed by atoms with Gasteiger partial charge in [-0.2, -0.15) is 0 Å². The van der Waals surface area contributed by atoms with Gasteiger partial charge in [-0.1, -0.05) is 37.3 Å². The second-order valence-corrected chi connectivity index (χ2v) is 6.29. The second-order valence-electron chi connectivity index (χ2n) is 5.04. The highest BCUT2D eigenvalue weighted by Gasteiger charge is 2.11. The molecule has 1 unspecified atom stereocenters. The largest absolute Gasteiger partial charge is 0.319 e. The van der Waals surface area contributed by atoms with Crippen molar-refractivity contribution in [2.24, 2.45) is 5.92 Å². The van der Waals surface area contributed by atoms with Gasteiger partial charge in [0.15, 0.2) is 0 Å². The van der Waals surface area contributed by atoms with Gasteiger partial charge in [-0.3, -0.25) is 0 Å². The maximum Gasteiger partial charge on any atom is 0.00515 e. The number of aryl methyl sites for hydroxylation is 1. The average molecular weight is 273 g/mol. The van der Waals surface area contributed by atoms with Gasteiger partial charge in [-0.25, -0.2) is 0 Å². The molecule has 1 aromatic carbocycles. The summed E-state index contributed by atoms with van der Waals surface area (Å²) in [5.74, 6) is 0.677. The van der Waals surface area contributed by atoms with Gasteiger partial charge in [0.25, 0.3) is 0 Å². The van der Waals surface area contributed by atoms with Gasteiger partial charge in [0.1, 0.15) is 0 Å². The predicted octanol–water partition coefficient (Wildman–Crippen LogP) is 3.93. The minimum Gasteiger partial charge on any atom is -0.319 e. The summed E-state index contributed by atoms with van der Waals surface area (Å²) >= 11 is 1.97. The molecule has 0 bridgehead atoms. The topological polar surface area (TPSA) is 12.0 Å². The standard InChI is InChI=1S/C17H23NS/c1-3-16-9-10-17(19-16)12-15(13-18-2)11-14-7-5-4-6-8-14/h4-10,15,18H,3,11-13H2,1-2H3. The molecule has 0 aliphatic heterocycles. The Balaban J connectivity index is 1.99. The van der Waals surface area contributed by atoms with E-state index in [9.17, 15) is 0 Å². The first kappa shape index (κ1) is 14.3. The number of benzene rings is 1. The highest BCUT2D eigenvalue weighted by atomic mass is 32.1. The predicted molar refractivity (Wildman–Crippen MR) is 85.0 cm³/mol. The van der Waals surface area contributed by atoms with Crippen molar-refractivity contribution in [3.8, 4) is 0 Å². The minimum atomic E-state index is 0.677. The summed E-state index contributed by atoms with van der Waals surface area (Å²) in [6.07, 6.45) is 3.49. The molecular formula is C17H23NS. The molecule has 0 saturated carbocycles. The SMILES string of the molecule is CCc1ccc(CC(CNC)Cc2ccccc2)s1. The average Bonchev–Trinajstić information content (AvgIpc) is 2.88. The van der Waals surface area contributed by atoms with E-state index < -0.39 is 0 Å². The Bertz CT molecular complexity index is 475. The fraction of sp³-hybridized carbons (Fsp3) is 0.412. The van der Waals surface area contributed by atoms with Crippen LogP contribution in [-0.2, 0) is 19.3 Å². The van der Waals surface area contributed by atoms with Crippen LogP contribution in [0.15, 0.2) is 42.5 Å². The molecular weight excluding hydrogens is 250 g/mol. The van der Waals surface area contributed by atoms with Crippen LogP contribution in [0, 0.1) is 5.92 Å². The Morgan fingerprint density at radius 2 is 1.74 bits per heavy atom. The Kier molecular flexibility index (Phi) is 5.62.